The van der Waals surface area contributed by atoms with E-state index >= 15 is 0 Å². The third-order valence-electron chi connectivity index (χ3n) is 7.28. The van der Waals surface area contributed by atoms with Gasteiger partial charge in [0.25, 0.3) is 0 Å². The summed E-state index contributed by atoms with van der Waals surface area (Å²) in [5, 5.41) is 89.8. The third kappa shape index (κ3) is 8.34. The van der Waals surface area contributed by atoms with Crippen molar-refractivity contribution in [2.24, 2.45) is 0 Å². The maximum Gasteiger partial charge on any atom is 0.217 e. The minimum atomic E-state index is -1.84. The van der Waals surface area contributed by atoms with Crippen LogP contribution in [-0.4, -0.2) is 170 Å². The Morgan fingerprint density at radius 3 is 1.51 bits per heavy atom. The van der Waals surface area contributed by atoms with Crippen molar-refractivity contribution in [2.45, 2.75) is 113 Å². The highest BCUT2D eigenvalue weighted by Crippen LogP contribution is 2.30. The average molecular weight is 628 g/mol. The van der Waals surface area contributed by atoms with Crippen molar-refractivity contribution in [3.8, 4) is 0 Å². The van der Waals surface area contributed by atoms with Gasteiger partial charge in [-0.15, -0.1) is 0 Å². The summed E-state index contributed by atoms with van der Waals surface area (Å²) in [5.41, 5.74) is 0. The van der Waals surface area contributed by atoms with Crippen LogP contribution >= 0.6 is 0 Å². The van der Waals surface area contributed by atoms with Crippen molar-refractivity contribution in [3.63, 3.8) is 0 Å². The van der Waals surface area contributed by atoms with Crippen LogP contribution < -0.4 is 16.0 Å². The second-order valence-electron chi connectivity index (χ2n) is 10.6. The Morgan fingerprint density at radius 1 is 0.605 bits per heavy atom. The number of aliphatic hydroxyl groups is 8. The second-order valence-corrected chi connectivity index (χ2v) is 10.6. The quantitative estimate of drug-likeness (QED) is 0.107. The summed E-state index contributed by atoms with van der Waals surface area (Å²) in [6.45, 7) is 1.29. The van der Waals surface area contributed by atoms with Crippen molar-refractivity contribution in [1.29, 1.82) is 0 Å². The zero-order chi connectivity index (χ0) is 32.2. The number of carbonyl (C=O) groups excluding carboxylic acids is 3. The first-order valence-electron chi connectivity index (χ1n) is 13.5. The zero-order valence-corrected chi connectivity index (χ0v) is 23.6. The van der Waals surface area contributed by atoms with E-state index in [1.165, 1.54) is 0 Å². The smallest absolute Gasteiger partial charge is 0.217 e. The first-order chi connectivity index (χ1) is 20.2. The molecule has 0 aromatic rings. The molecule has 3 amide bonds. The van der Waals surface area contributed by atoms with E-state index in [9.17, 15) is 55.2 Å². The largest absolute Gasteiger partial charge is 0.394 e. The number of amides is 3. The van der Waals surface area contributed by atoms with Gasteiger partial charge in [0.05, 0.1) is 19.8 Å². The average Bonchev–Trinajstić information content (AvgIpc) is 2.93. The minimum absolute atomic E-state index is 0.603. The SMILES string of the molecule is CC(=O)N[C@H]1[C@H](OC[C@H]2OC(O)[C@H](NC(C)=O)[C@@H](O[C@@H]3O[C@H](CO)[C@@H](O)[C@H](O)[C@H]3NC(C)=O)[C@H]2O)O[C@H](CO)[C@@H](O)[C@@H]1O. The molecule has 19 heteroatoms. The lowest BCUT2D eigenvalue weighted by Crippen LogP contribution is -2.69. The molecule has 0 spiro atoms. The van der Waals surface area contributed by atoms with Gasteiger partial charge in [-0.25, -0.2) is 0 Å². The monoisotopic (exact) mass is 627 g/mol. The molecule has 3 aliphatic heterocycles. The van der Waals surface area contributed by atoms with Crippen LogP contribution in [0.15, 0.2) is 0 Å². The van der Waals surface area contributed by atoms with E-state index < -0.39 is 129 Å². The van der Waals surface area contributed by atoms with E-state index in [4.69, 9.17) is 23.7 Å². The van der Waals surface area contributed by atoms with Crippen LogP contribution in [0.1, 0.15) is 20.8 Å². The number of nitrogens with one attached hydrogen (secondary N) is 3. The fourth-order valence-corrected chi connectivity index (χ4v) is 5.17. The Labute approximate surface area is 245 Å². The highest BCUT2D eigenvalue weighted by Gasteiger charge is 2.52. The van der Waals surface area contributed by atoms with E-state index in [0.717, 1.165) is 20.8 Å². The molecule has 0 aliphatic carbocycles. The van der Waals surface area contributed by atoms with Gasteiger partial charge in [-0.2, -0.15) is 0 Å². The molecule has 3 aliphatic rings. The standard InChI is InChI=1S/C24H41N3O16/c1-7(30)25-13-19(36)16(33)10(4-28)41-23(13)39-6-12-18(35)21(15(22(38)40-12)27-9(3)32)43-24-14(26-8(2)31)20(37)17(34)11(5-29)42-24/h10-24,28-29,33-38H,4-6H2,1-3H3,(H,25,30)(H,26,31)(H,27,32)/t10-,11-,12-,13-,14-,15-,16-,17-,18+,19-,20-,21-,22?,23-,24+/m1/s1. The third-order valence-corrected chi connectivity index (χ3v) is 7.28. The Balaban J connectivity index is 1.84. The first-order valence-corrected chi connectivity index (χ1v) is 13.5. The van der Waals surface area contributed by atoms with Crippen LogP contribution in [0, 0.1) is 0 Å². The molecule has 1 unspecified atom stereocenters. The molecule has 0 saturated carbocycles. The minimum Gasteiger partial charge on any atom is -0.394 e. The van der Waals surface area contributed by atoms with Gasteiger partial charge in [0, 0.05) is 20.8 Å². The molecule has 43 heavy (non-hydrogen) atoms. The summed E-state index contributed by atoms with van der Waals surface area (Å²) in [7, 11) is 0. The van der Waals surface area contributed by atoms with E-state index in [1.807, 2.05) is 0 Å². The summed E-state index contributed by atoms with van der Waals surface area (Å²) in [6.07, 6.45) is -18.9. The van der Waals surface area contributed by atoms with Crippen molar-refractivity contribution < 1.29 is 78.9 Å². The van der Waals surface area contributed by atoms with Crippen LogP contribution in [-0.2, 0) is 38.1 Å². The van der Waals surface area contributed by atoms with Crippen molar-refractivity contribution in [2.75, 3.05) is 19.8 Å². The van der Waals surface area contributed by atoms with Gasteiger partial charge in [-0.1, -0.05) is 0 Å². The Kier molecular flexibility index (Phi) is 12.5. The molecule has 15 atom stereocenters. The fraction of sp³-hybridized carbons (Fsp3) is 0.875. The van der Waals surface area contributed by atoms with Crippen LogP contribution in [0.5, 0.6) is 0 Å². The van der Waals surface area contributed by atoms with Gasteiger partial charge in [-0.05, 0) is 0 Å². The maximum absolute atomic E-state index is 11.9. The van der Waals surface area contributed by atoms with Gasteiger partial charge in [0.1, 0.15) is 73.1 Å². The molecule has 3 heterocycles. The predicted molar refractivity (Wildman–Crippen MR) is 136 cm³/mol. The summed E-state index contributed by atoms with van der Waals surface area (Å²) in [4.78, 5) is 35.4. The summed E-state index contributed by atoms with van der Waals surface area (Å²) in [6, 6.07) is -4.19. The predicted octanol–water partition coefficient (Wildman–Crippen LogP) is -7.14. The Morgan fingerprint density at radius 2 is 1.05 bits per heavy atom. The van der Waals surface area contributed by atoms with Crippen molar-refractivity contribution in [3.05, 3.63) is 0 Å². The fourth-order valence-electron chi connectivity index (χ4n) is 5.17. The second kappa shape index (κ2) is 15.3. The molecule has 3 saturated heterocycles. The van der Waals surface area contributed by atoms with Gasteiger partial charge in [0.2, 0.25) is 17.7 Å². The molecule has 11 N–H and O–H groups in total. The van der Waals surface area contributed by atoms with E-state index in [-0.39, 0.29) is 0 Å². The Bertz CT molecular complexity index is 962. The van der Waals surface area contributed by atoms with Crippen LogP contribution in [0.4, 0.5) is 0 Å². The Hall–Kier alpha value is -2.11. The zero-order valence-electron chi connectivity index (χ0n) is 23.6. The normalized spacial score (nSPS) is 43.5. The number of aliphatic hydroxyl groups excluding tert-OH is 8. The summed E-state index contributed by atoms with van der Waals surface area (Å²) < 4.78 is 28.0. The van der Waals surface area contributed by atoms with Gasteiger partial charge in [0.15, 0.2) is 18.9 Å². The molecule has 3 rings (SSSR count). The number of hydrogen-bond donors (Lipinski definition) is 11. The first kappa shape index (κ1) is 35.4. The molecule has 3 fully saturated rings. The number of carbonyl (C=O) groups is 3. The molecule has 0 aromatic carbocycles. The van der Waals surface area contributed by atoms with Crippen LogP contribution in [0.25, 0.3) is 0 Å². The van der Waals surface area contributed by atoms with Gasteiger partial charge >= 0.3 is 0 Å². The lowest BCUT2D eigenvalue weighted by Gasteiger charge is -2.48. The topological polar surface area (TPSA) is 295 Å². The number of ether oxygens (including phenoxy) is 5. The van der Waals surface area contributed by atoms with Crippen LogP contribution in [0.2, 0.25) is 0 Å². The van der Waals surface area contributed by atoms with Crippen molar-refractivity contribution in [1.82, 2.24) is 16.0 Å². The molecular weight excluding hydrogens is 586 g/mol. The molecule has 0 bridgehead atoms. The van der Waals surface area contributed by atoms with E-state index in [0.29, 0.717) is 0 Å². The lowest BCUT2D eigenvalue weighted by atomic mass is 9.94. The molecule has 19 nitrogen and oxygen atoms in total. The summed E-state index contributed by atoms with van der Waals surface area (Å²) in [5.74, 6) is -1.92. The van der Waals surface area contributed by atoms with Gasteiger partial charge < -0.3 is 80.5 Å². The van der Waals surface area contributed by atoms with Gasteiger partial charge in [-0.3, -0.25) is 14.4 Å². The summed E-state index contributed by atoms with van der Waals surface area (Å²) >= 11 is 0. The molecule has 0 aromatic heterocycles. The van der Waals surface area contributed by atoms with Crippen molar-refractivity contribution >= 4 is 17.7 Å². The molecule has 0 radical (unpaired) electrons. The number of rotatable bonds is 10. The maximum atomic E-state index is 11.9. The lowest BCUT2D eigenvalue weighted by molar-refractivity contribution is -0.331. The van der Waals surface area contributed by atoms with E-state index in [2.05, 4.69) is 16.0 Å². The molecular formula is C24H41N3O16. The highest BCUT2D eigenvalue weighted by molar-refractivity contribution is 5.74. The highest BCUT2D eigenvalue weighted by atomic mass is 16.7. The van der Waals surface area contributed by atoms with E-state index in [1.54, 1.807) is 0 Å². The number of hydrogen-bond acceptors (Lipinski definition) is 16. The molecule has 248 valence electrons. The van der Waals surface area contributed by atoms with Crippen LogP contribution in [0.3, 0.4) is 0 Å².